The van der Waals surface area contributed by atoms with Crippen LogP contribution in [0.4, 0.5) is 0 Å². The Morgan fingerprint density at radius 1 is 1.15 bits per heavy atom. The summed E-state index contributed by atoms with van der Waals surface area (Å²) in [6.45, 7) is 2.28. The minimum absolute atomic E-state index is 0.640. The Kier molecular flexibility index (Phi) is 1.40. The second-order valence-corrected chi connectivity index (χ2v) is 4.25. The molecule has 0 saturated carbocycles. The molecular weight excluding hydrogens is 156 g/mol. The maximum absolute atomic E-state index is 2.43. The van der Waals surface area contributed by atoms with E-state index >= 15 is 0 Å². The molecule has 0 fully saturated rings. The summed E-state index contributed by atoms with van der Waals surface area (Å²) in [7, 11) is 0. The van der Waals surface area contributed by atoms with E-state index in [9.17, 15) is 0 Å². The van der Waals surface area contributed by atoms with Crippen LogP contribution in [0.5, 0.6) is 0 Å². The topological polar surface area (TPSA) is 0 Å². The number of rotatable bonds is 0. The minimum atomic E-state index is 0.640. The molecule has 13 heavy (non-hydrogen) atoms. The molecule has 66 valence electrons. The first-order valence-electron chi connectivity index (χ1n) is 5.18. The van der Waals surface area contributed by atoms with Crippen LogP contribution in [-0.4, -0.2) is 0 Å². The lowest BCUT2D eigenvalue weighted by atomic mass is 9.97. The smallest absolute Gasteiger partial charge is 0.000107 e. The largest absolute Gasteiger partial charge is 0.0767 e. The Morgan fingerprint density at radius 3 is 2.77 bits per heavy atom. The molecule has 0 heterocycles. The molecule has 0 radical (unpaired) electrons. The Labute approximate surface area is 79.3 Å². The monoisotopic (exact) mass is 170 g/mol. The number of allylic oxidation sites excluding steroid dienone is 1. The molecule has 0 heteroatoms. The van der Waals surface area contributed by atoms with Crippen molar-refractivity contribution >= 4 is 6.08 Å². The molecule has 0 aromatic heterocycles. The van der Waals surface area contributed by atoms with Gasteiger partial charge in [0.25, 0.3) is 0 Å². The SMILES string of the molecule is CC1C=Cc2cc3c(cc21)CCC3. The minimum Gasteiger partial charge on any atom is -0.0767 e. The molecule has 1 atom stereocenters. The first kappa shape index (κ1) is 7.37. The summed E-state index contributed by atoms with van der Waals surface area (Å²) < 4.78 is 0. The summed E-state index contributed by atoms with van der Waals surface area (Å²) in [6.07, 6.45) is 8.54. The van der Waals surface area contributed by atoms with Crippen LogP contribution in [0, 0.1) is 0 Å². The quantitative estimate of drug-likeness (QED) is 0.560. The zero-order valence-corrected chi connectivity index (χ0v) is 8.01. The average molecular weight is 170 g/mol. The van der Waals surface area contributed by atoms with E-state index in [1.165, 1.54) is 24.8 Å². The number of hydrogen-bond acceptors (Lipinski definition) is 0. The van der Waals surface area contributed by atoms with Gasteiger partial charge >= 0.3 is 0 Å². The van der Waals surface area contributed by atoms with Crippen LogP contribution in [0.3, 0.4) is 0 Å². The second kappa shape index (κ2) is 2.47. The number of fused-ring (bicyclic) bond motifs is 2. The molecule has 1 aromatic carbocycles. The summed E-state index contributed by atoms with van der Waals surface area (Å²) in [6, 6.07) is 4.83. The van der Waals surface area contributed by atoms with Crippen molar-refractivity contribution in [2.24, 2.45) is 0 Å². The highest BCUT2D eigenvalue weighted by Gasteiger charge is 2.18. The van der Waals surface area contributed by atoms with Crippen molar-refractivity contribution in [3.05, 3.63) is 40.5 Å². The highest BCUT2D eigenvalue weighted by Crippen LogP contribution is 2.34. The molecule has 2 aliphatic carbocycles. The molecule has 1 aromatic rings. The van der Waals surface area contributed by atoms with E-state index in [0.29, 0.717) is 5.92 Å². The molecule has 0 spiro atoms. The van der Waals surface area contributed by atoms with Crippen molar-refractivity contribution in [3.63, 3.8) is 0 Å². The first-order valence-corrected chi connectivity index (χ1v) is 5.18. The predicted octanol–water partition coefficient (Wildman–Crippen LogP) is 3.31. The van der Waals surface area contributed by atoms with Crippen LogP contribution in [0.15, 0.2) is 18.2 Å². The van der Waals surface area contributed by atoms with Gasteiger partial charge in [-0.25, -0.2) is 0 Å². The van der Waals surface area contributed by atoms with Crippen molar-refractivity contribution in [2.75, 3.05) is 0 Å². The Balaban J connectivity index is 2.20. The molecule has 0 amide bonds. The van der Waals surface area contributed by atoms with Gasteiger partial charge < -0.3 is 0 Å². The van der Waals surface area contributed by atoms with E-state index in [1.54, 1.807) is 16.7 Å². The zero-order chi connectivity index (χ0) is 8.84. The molecule has 0 aliphatic heterocycles. The van der Waals surface area contributed by atoms with Gasteiger partial charge in [0.15, 0.2) is 0 Å². The van der Waals surface area contributed by atoms with Gasteiger partial charge in [0.1, 0.15) is 0 Å². The summed E-state index contributed by atoms with van der Waals surface area (Å²) in [5.74, 6) is 0.640. The molecule has 1 unspecified atom stereocenters. The van der Waals surface area contributed by atoms with Gasteiger partial charge in [-0.15, -0.1) is 0 Å². The van der Waals surface area contributed by atoms with E-state index in [1.807, 2.05) is 0 Å². The van der Waals surface area contributed by atoms with Crippen molar-refractivity contribution in [1.29, 1.82) is 0 Å². The third kappa shape index (κ3) is 0.980. The summed E-state index contributed by atoms with van der Waals surface area (Å²) in [5, 5.41) is 0. The maximum Gasteiger partial charge on any atom is -0.000107 e. The van der Waals surface area contributed by atoms with Crippen LogP contribution in [0.25, 0.3) is 6.08 Å². The summed E-state index contributed by atoms with van der Waals surface area (Å²) in [4.78, 5) is 0. The molecule has 0 bridgehead atoms. The molecule has 0 nitrogen and oxygen atoms in total. The van der Waals surface area contributed by atoms with Crippen LogP contribution in [0.2, 0.25) is 0 Å². The molecule has 0 N–H and O–H groups in total. The summed E-state index contributed by atoms with van der Waals surface area (Å²) in [5.41, 5.74) is 6.21. The number of aryl methyl sites for hydroxylation is 2. The van der Waals surface area contributed by atoms with Crippen molar-refractivity contribution in [3.8, 4) is 0 Å². The van der Waals surface area contributed by atoms with Gasteiger partial charge in [0.05, 0.1) is 0 Å². The lowest BCUT2D eigenvalue weighted by molar-refractivity contribution is 0.910. The van der Waals surface area contributed by atoms with Crippen molar-refractivity contribution in [2.45, 2.75) is 32.1 Å². The Hall–Kier alpha value is -1.04. The van der Waals surface area contributed by atoms with E-state index in [4.69, 9.17) is 0 Å². The summed E-state index contributed by atoms with van der Waals surface area (Å²) >= 11 is 0. The van der Waals surface area contributed by atoms with Crippen LogP contribution < -0.4 is 0 Å². The number of benzene rings is 1. The van der Waals surface area contributed by atoms with E-state index < -0.39 is 0 Å². The number of hydrogen-bond donors (Lipinski definition) is 0. The Morgan fingerprint density at radius 2 is 1.92 bits per heavy atom. The zero-order valence-electron chi connectivity index (χ0n) is 8.01. The van der Waals surface area contributed by atoms with Gasteiger partial charge in [0, 0.05) is 0 Å². The lowest BCUT2D eigenvalue weighted by Crippen LogP contribution is -1.91. The van der Waals surface area contributed by atoms with E-state index in [0.717, 1.165) is 0 Å². The highest BCUT2D eigenvalue weighted by atomic mass is 14.2. The third-order valence-electron chi connectivity index (χ3n) is 3.35. The molecule has 0 saturated heterocycles. The van der Waals surface area contributed by atoms with E-state index in [2.05, 4.69) is 31.2 Å². The second-order valence-electron chi connectivity index (χ2n) is 4.25. The fraction of sp³-hybridized carbons (Fsp3) is 0.385. The van der Waals surface area contributed by atoms with Gasteiger partial charge in [-0.3, -0.25) is 0 Å². The fourth-order valence-corrected chi connectivity index (χ4v) is 2.55. The van der Waals surface area contributed by atoms with Gasteiger partial charge in [0.2, 0.25) is 0 Å². The van der Waals surface area contributed by atoms with Gasteiger partial charge in [-0.1, -0.05) is 31.2 Å². The highest BCUT2D eigenvalue weighted by molar-refractivity contribution is 5.64. The first-order chi connectivity index (χ1) is 6.34. The third-order valence-corrected chi connectivity index (χ3v) is 3.35. The fourth-order valence-electron chi connectivity index (χ4n) is 2.55. The van der Waals surface area contributed by atoms with E-state index in [-0.39, 0.29) is 0 Å². The van der Waals surface area contributed by atoms with Crippen LogP contribution >= 0.6 is 0 Å². The maximum atomic E-state index is 2.43. The Bertz CT molecular complexity index is 385. The van der Waals surface area contributed by atoms with Crippen LogP contribution in [-0.2, 0) is 12.8 Å². The predicted molar refractivity (Wildman–Crippen MR) is 55.9 cm³/mol. The van der Waals surface area contributed by atoms with Crippen LogP contribution in [0.1, 0.15) is 41.5 Å². The van der Waals surface area contributed by atoms with Gasteiger partial charge in [-0.2, -0.15) is 0 Å². The molecule has 2 aliphatic rings. The standard InChI is InChI=1S/C13H14/c1-9-5-6-12-7-10-3-2-4-11(10)8-13(9)12/h5-9H,2-4H2,1H3. The average Bonchev–Trinajstić information content (AvgIpc) is 2.70. The molecular formula is C13H14. The van der Waals surface area contributed by atoms with Crippen molar-refractivity contribution < 1.29 is 0 Å². The normalized spacial score (nSPS) is 23.3. The lowest BCUT2D eigenvalue weighted by Gasteiger charge is -2.07. The van der Waals surface area contributed by atoms with Crippen molar-refractivity contribution in [1.82, 2.24) is 0 Å². The molecule has 3 rings (SSSR count). The van der Waals surface area contributed by atoms with Gasteiger partial charge in [-0.05, 0) is 47.4 Å².